The Morgan fingerprint density at radius 1 is 1.16 bits per heavy atom. The van der Waals surface area contributed by atoms with Crippen molar-refractivity contribution in [2.75, 3.05) is 7.11 Å². The molecule has 0 heterocycles. The van der Waals surface area contributed by atoms with Crippen LogP contribution in [0.1, 0.15) is 22.7 Å². The van der Waals surface area contributed by atoms with E-state index in [2.05, 4.69) is 5.43 Å². The zero-order valence-corrected chi connectivity index (χ0v) is 11.7. The van der Waals surface area contributed by atoms with Gasteiger partial charge in [-0.25, -0.2) is 5.43 Å². The minimum absolute atomic E-state index is 0.139. The van der Waals surface area contributed by atoms with Gasteiger partial charge in [-0.15, -0.1) is 0 Å². The molecule has 0 spiro atoms. The molecule has 19 heavy (non-hydrogen) atoms. The third-order valence-corrected chi connectivity index (χ3v) is 3.52. The molecule has 3 N–H and O–H groups in total. The molecule has 0 aliphatic carbocycles. The molecule has 2 aromatic carbocycles. The van der Waals surface area contributed by atoms with Gasteiger partial charge in [0.05, 0.1) is 13.2 Å². The third-order valence-electron chi connectivity index (χ3n) is 3.17. The van der Waals surface area contributed by atoms with E-state index < -0.39 is 0 Å². The lowest BCUT2D eigenvalue weighted by Gasteiger charge is -2.20. The molecule has 1 atom stereocenters. The average Bonchev–Trinajstić information content (AvgIpc) is 2.43. The minimum atomic E-state index is -0.139. The van der Waals surface area contributed by atoms with E-state index in [4.69, 9.17) is 22.2 Å². The standard InChI is InChI=1S/C15H17ClN2O/c1-10-9-11(19-2)7-8-12(10)15(18-17)13-5-3-4-6-14(13)16/h3-9,15,18H,17H2,1-2H3. The number of nitrogens with two attached hydrogens (primary N) is 1. The van der Waals surface area contributed by atoms with Gasteiger partial charge in [0.1, 0.15) is 5.75 Å². The number of benzene rings is 2. The Hall–Kier alpha value is -1.55. The molecular formula is C15H17ClN2O. The first-order chi connectivity index (χ1) is 9.17. The van der Waals surface area contributed by atoms with Gasteiger partial charge in [0.15, 0.2) is 0 Å². The second-order valence-electron chi connectivity index (χ2n) is 4.34. The van der Waals surface area contributed by atoms with E-state index in [-0.39, 0.29) is 6.04 Å². The maximum absolute atomic E-state index is 6.24. The van der Waals surface area contributed by atoms with Crippen LogP contribution in [0.5, 0.6) is 5.75 Å². The molecule has 0 aromatic heterocycles. The maximum atomic E-state index is 6.24. The van der Waals surface area contributed by atoms with Gasteiger partial charge >= 0.3 is 0 Å². The fourth-order valence-electron chi connectivity index (χ4n) is 2.16. The van der Waals surface area contributed by atoms with Crippen molar-refractivity contribution in [2.24, 2.45) is 5.84 Å². The van der Waals surface area contributed by atoms with Crippen LogP contribution in [0.3, 0.4) is 0 Å². The van der Waals surface area contributed by atoms with Crippen molar-refractivity contribution in [1.82, 2.24) is 5.43 Å². The summed E-state index contributed by atoms with van der Waals surface area (Å²) in [5, 5.41) is 0.695. The van der Waals surface area contributed by atoms with Crippen LogP contribution in [0.2, 0.25) is 5.02 Å². The van der Waals surface area contributed by atoms with Crippen molar-refractivity contribution in [3.8, 4) is 5.75 Å². The van der Waals surface area contributed by atoms with Gasteiger partial charge < -0.3 is 4.74 Å². The number of rotatable bonds is 4. The summed E-state index contributed by atoms with van der Waals surface area (Å²) in [6.07, 6.45) is 0. The second kappa shape index (κ2) is 6.06. The van der Waals surface area contributed by atoms with Crippen molar-refractivity contribution >= 4 is 11.6 Å². The molecular weight excluding hydrogens is 260 g/mol. The zero-order chi connectivity index (χ0) is 13.8. The quantitative estimate of drug-likeness (QED) is 0.666. The van der Waals surface area contributed by atoms with Crippen molar-refractivity contribution in [3.05, 3.63) is 64.2 Å². The molecule has 1 unspecified atom stereocenters. The number of hydrazine groups is 1. The molecule has 0 amide bonds. The Bertz CT molecular complexity index is 572. The fourth-order valence-corrected chi connectivity index (χ4v) is 2.40. The highest BCUT2D eigenvalue weighted by Gasteiger charge is 2.17. The summed E-state index contributed by atoms with van der Waals surface area (Å²) < 4.78 is 5.22. The smallest absolute Gasteiger partial charge is 0.119 e. The molecule has 4 heteroatoms. The molecule has 0 bridgehead atoms. The highest BCUT2D eigenvalue weighted by atomic mass is 35.5. The van der Waals surface area contributed by atoms with Gasteiger partial charge in [-0.1, -0.05) is 35.9 Å². The predicted octanol–water partition coefficient (Wildman–Crippen LogP) is 3.21. The highest BCUT2D eigenvalue weighted by Crippen LogP contribution is 2.30. The van der Waals surface area contributed by atoms with Gasteiger partial charge in [-0.3, -0.25) is 5.84 Å². The van der Waals surface area contributed by atoms with E-state index in [1.807, 2.05) is 49.4 Å². The molecule has 100 valence electrons. The monoisotopic (exact) mass is 276 g/mol. The SMILES string of the molecule is COc1ccc(C(NN)c2ccccc2Cl)c(C)c1. The van der Waals surface area contributed by atoms with Crippen LogP contribution in [-0.2, 0) is 0 Å². The van der Waals surface area contributed by atoms with Crippen LogP contribution < -0.4 is 16.0 Å². The van der Waals surface area contributed by atoms with Crippen molar-refractivity contribution < 1.29 is 4.74 Å². The van der Waals surface area contributed by atoms with Crippen molar-refractivity contribution in [2.45, 2.75) is 13.0 Å². The number of ether oxygens (including phenoxy) is 1. The van der Waals surface area contributed by atoms with Crippen molar-refractivity contribution in [3.63, 3.8) is 0 Å². The van der Waals surface area contributed by atoms with Crippen LogP contribution in [0.15, 0.2) is 42.5 Å². The van der Waals surface area contributed by atoms with E-state index >= 15 is 0 Å². The van der Waals surface area contributed by atoms with Gasteiger partial charge in [0.25, 0.3) is 0 Å². The Morgan fingerprint density at radius 2 is 1.89 bits per heavy atom. The molecule has 0 saturated heterocycles. The summed E-state index contributed by atoms with van der Waals surface area (Å²) >= 11 is 6.24. The van der Waals surface area contributed by atoms with E-state index in [1.165, 1.54) is 0 Å². The van der Waals surface area contributed by atoms with Crippen molar-refractivity contribution in [1.29, 1.82) is 0 Å². The lowest BCUT2D eigenvalue weighted by molar-refractivity contribution is 0.414. The summed E-state index contributed by atoms with van der Waals surface area (Å²) in [7, 11) is 1.65. The Balaban J connectivity index is 2.46. The lowest BCUT2D eigenvalue weighted by Crippen LogP contribution is -2.29. The van der Waals surface area contributed by atoms with Crippen LogP contribution in [0.4, 0.5) is 0 Å². The summed E-state index contributed by atoms with van der Waals surface area (Å²) in [6, 6.07) is 13.4. The van der Waals surface area contributed by atoms with Gasteiger partial charge in [-0.05, 0) is 41.8 Å². The van der Waals surface area contributed by atoms with E-state index in [1.54, 1.807) is 7.11 Å². The molecule has 3 nitrogen and oxygen atoms in total. The third kappa shape index (κ3) is 2.89. The topological polar surface area (TPSA) is 47.3 Å². The molecule has 2 aromatic rings. The van der Waals surface area contributed by atoms with Gasteiger partial charge in [0, 0.05) is 5.02 Å². The van der Waals surface area contributed by atoms with E-state index in [9.17, 15) is 0 Å². The number of hydrogen-bond donors (Lipinski definition) is 2. The summed E-state index contributed by atoms with van der Waals surface area (Å²) in [5.74, 6) is 6.54. The number of hydrogen-bond acceptors (Lipinski definition) is 3. The fraction of sp³-hybridized carbons (Fsp3) is 0.200. The molecule has 0 aliphatic heterocycles. The first kappa shape index (κ1) is 13.9. The van der Waals surface area contributed by atoms with Crippen LogP contribution >= 0.6 is 11.6 Å². The van der Waals surface area contributed by atoms with E-state index in [0.29, 0.717) is 5.02 Å². The number of halogens is 1. The first-order valence-electron chi connectivity index (χ1n) is 6.02. The van der Waals surface area contributed by atoms with Crippen LogP contribution in [0.25, 0.3) is 0 Å². The number of nitrogens with one attached hydrogen (secondary N) is 1. The summed E-state index contributed by atoms with van der Waals surface area (Å²) in [5.41, 5.74) is 5.97. The second-order valence-corrected chi connectivity index (χ2v) is 4.75. The van der Waals surface area contributed by atoms with Crippen LogP contribution in [0, 0.1) is 6.92 Å². The summed E-state index contributed by atoms with van der Waals surface area (Å²) in [4.78, 5) is 0. The maximum Gasteiger partial charge on any atom is 0.119 e. The first-order valence-corrected chi connectivity index (χ1v) is 6.40. The van der Waals surface area contributed by atoms with Gasteiger partial charge in [0.2, 0.25) is 0 Å². The largest absolute Gasteiger partial charge is 0.497 e. The molecule has 0 radical (unpaired) electrons. The molecule has 0 fully saturated rings. The van der Waals surface area contributed by atoms with Gasteiger partial charge in [-0.2, -0.15) is 0 Å². The Morgan fingerprint density at radius 3 is 2.47 bits per heavy atom. The zero-order valence-electron chi connectivity index (χ0n) is 11.0. The Labute approximate surface area is 118 Å². The molecule has 0 saturated carbocycles. The average molecular weight is 277 g/mol. The number of methoxy groups -OCH3 is 1. The normalized spacial score (nSPS) is 12.2. The lowest BCUT2D eigenvalue weighted by atomic mass is 9.95. The molecule has 0 aliphatic rings. The molecule has 2 rings (SSSR count). The minimum Gasteiger partial charge on any atom is -0.497 e. The Kier molecular flexibility index (Phi) is 4.43. The van der Waals surface area contributed by atoms with Crippen LogP contribution in [-0.4, -0.2) is 7.11 Å². The predicted molar refractivity (Wildman–Crippen MR) is 78.3 cm³/mol. The highest BCUT2D eigenvalue weighted by molar-refractivity contribution is 6.31. The van der Waals surface area contributed by atoms with E-state index in [0.717, 1.165) is 22.4 Å². The number of aryl methyl sites for hydroxylation is 1. The summed E-state index contributed by atoms with van der Waals surface area (Å²) in [6.45, 7) is 2.03.